The fourth-order valence-electron chi connectivity index (χ4n) is 18.5. The molecule has 0 saturated heterocycles. The molecule has 9 N–H and O–H groups in total. The summed E-state index contributed by atoms with van der Waals surface area (Å²) in [5.41, 5.74) is -0.150. The molecule has 0 saturated carbocycles. The number of aromatic carboxylic acids is 1. The van der Waals surface area contributed by atoms with Crippen LogP contribution in [0.25, 0.3) is 21.5 Å². The molecule has 5 aliphatic rings. The maximum atomic E-state index is 14.3. The Hall–Kier alpha value is -9.44. The second-order valence-corrected chi connectivity index (χ2v) is 47.3. The third kappa shape index (κ3) is 21.2. The molecule has 46 heteroatoms. The van der Waals surface area contributed by atoms with Gasteiger partial charge >= 0.3 is 5.97 Å². The summed E-state index contributed by atoms with van der Waals surface area (Å²) in [4.78, 5) is 42.2. The second kappa shape index (κ2) is 35.6. The minimum atomic E-state index is -5.20. The number of unbranched alkanes of at least 4 members (excludes halogenated alkanes) is 2. The zero-order valence-electron chi connectivity index (χ0n) is 70.4. The summed E-state index contributed by atoms with van der Waals surface area (Å²) in [5.74, 6) is -5.78. The van der Waals surface area contributed by atoms with Crippen molar-refractivity contribution in [3.63, 3.8) is 0 Å². The number of carbonyl (C=O) groups is 3. The fourth-order valence-corrected chi connectivity index (χ4v) is 23.6. The summed E-state index contributed by atoms with van der Waals surface area (Å²) < 4.78 is 324. The summed E-state index contributed by atoms with van der Waals surface area (Å²) in [6, 6.07) is 21.1. The smallest absolute Gasteiger partial charge is 0.336 e. The van der Waals surface area contributed by atoms with Gasteiger partial charge in [0.05, 0.1) is 67.7 Å². The number of hydrogen-bond acceptors (Lipinski definition) is 25. The van der Waals surface area contributed by atoms with Gasteiger partial charge in [-0.1, -0.05) is 44.2 Å². The highest BCUT2D eigenvalue weighted by Gasteiger charge is 2.50. The first-order chi connectivity index (χ1) is 59.4. The van der Waals surface area contributed by atoms with E-state index in [0.29, 0.717) is 92.0 Å². The summed E-state index contributed by atoms with van der Waals surface area (Å²) in [7, 11) is -43.9. The topological polar surface area (TPSA) is 594 Å². The third-order valence-corrected chi connectivity index (χ3v) is 31.7. The van der Waals surface area contributed by atoms with Gasteiger partial charge in [0.2, 0.25) is 17.3 Å². The Morgan fingerprint density at radius 2 is 1.04 bits per heavy atom. The van der Waals surface area contributed by atoms with Crippen molar-refractivity contribution >= 4 is 165 Å². The Morgan fingerprint density at radius 3 is 1.64 bits per heavy atom. The molecule has 0 aliphatic carbocycles. The lowest BCUT2D eigenvalue weighted by molar-refractivity contribution is -0.438. The molecule has 0 spiro atoms. The number of carboxylic acids is 1. The van der Waals surface area contributed by atoms with E-state index in [4.69, 9.17) is 0 Å². The number of benzene rings is 7. The van der Waals surface area contributed by atoms with Crippen LogP contribution in [0.4, 0.5) is 22.7 Å². The number of carboxylic acid groups (broad SMARTS) is 1. The van der Waals surface area contributed by atoms with Crippen LogP contribution in [0.1, 0.15) is 166 Å². The van der Waals surface area contributed by atoms with Gasteiger partial charge in [0.25, 0.3) is 76.7 Å². The molecule has 0 radical (unpaired) electrons. The maximum Gasteiger partial charge on any atom is 0.336 e. The van der Waals surface area contributed by atoms with Gasteiger partial charge in [-0.25, -0.2) is 21.6 Å². The molecule has 0 fully saturated rings. The number of anilines is 2. The van der Waals surface area contributed by atoms with E-state index < -0.39 is 184 Å². The van der Waals surface area contributed by atoms with Gasteiger partial charge in [0.15, 0.2) is 11.4 Å². The summed E-state index contributed by atoms with van der Waals surface area (Å²) in [6.45, 7) is 11.4. The molecule has 2 amide bonds. The highest BCUT2D eigenvalue weighted by atomic mass is 32.3. The summed E-state index contributed by atoms with van der Waals surface area (Å²) in [6.07, 6.45) is 9.54. The van der Waals surface area contributed by atoms with Crippen LogP contribution >= 0.6 is 0 Å². The van der Waals surface area contributed by atoms with Crippen molar-refractivity contribution in [3.8, 4) is 0 Å². The zero-order valence-corrected chi connectivity index (χ0v) is 77.8. The first kappa shape index (κ1) is 98.6. The van der Waals surface area contributed by atoms with Gasteiger partial charge < -0.3 is 34.2 Å². The van der Waals surface area contributed by atoms with E-state index in [1.54, 1.807) is 117 Å². The van der Waals surface area contributed by atoms with Crippen LogP contribution < -0.4 is 15.1 Å². The predicted octanol–water partition coefficient (Wildman–Crippen LogP) is 9.02. The van der Waals surface area contributed by atoms with Gasteiger partial charge in [-0.2, -0.15) is 68.1 Å². The molecule has 1 atom stereocenters. The van der Waals surface area contributed by atoms with Gasteiger partial charge in [-0.05, 0) is 197 Å². The van der Waals surface area contributed by atoms with E-state index >= 15 is 0 Å². The number of hydrogen-bond donors (Lipinski definition) is 9. The molecular weight excluding hydrogens is 1870 g/mol. The minimum Gasteiger partial charge on any atom is -0.748 e. The minimum absolute atomic E-state index is 0.0137. The zero-order chi connectivity index (χ0) is 95.2. The van der Waals surface area contributed by atoms with Crippen LogP contribution in [0.15, 0.2) is 169 Å². The number of allylic oxidation sites excluding steroid dienone is 8. The van der Waals surface area contributed by atoms with Crippen LogP contribution in [0.3, 0.4) is 0 Å². The van der Waals surface area contributed by atoms with Crippen molar-refractivity contribution < 1.29 is 145 Å². The summed E-state index contributed by atoms with van der Waals surface area (Å²) >= 11 is 0. The number of rotatable bonds is 35. The molecule has 7 aromatic rings. The van der Waals surface area contributed by atoms with Crippen molar-refractivity contribution in [2.24, 2.45) is 0 Å². The fraction of sp³-hybridized carbons (Fsp3) is 0.386. The molecule has 37 nitrogen and oxygen atoms in total. The molecule has 5 aliphatic heterocycles. The van der Waals surface area contributed by atoms with Crippen LogP contribution in [0, 0.1) is 0 Å². The molecule has 7 aromatic carbocycles. The van der Waals surface area contributed by atoms with Crippen molar-refractivity contribution in [1.82, 2.24) is 10.2 Å². The Balaban J connectivity index is 0.789. The summed E-state index contributed by atoms with van der Waals surface area (Å²) in [5, 5.41) is 13.8. The maximum absolute atomic E-state index is 14.3. The van der Waals surface area contributed by atoms with Crippen molar-refractivity contribution in [2.75, 3.05) is 65.5 Å². The van der Waals surface area contributed by atoms with E-state index in [9.17, 15) is 136 Å². The standard InChI is InChI=1S/C83H94N6O31S9/c1-80(2)63-41-51(22-27-64(63)86(33-14-38-122(97,98)99)70(80)17-11-18-72-82(5,6)76-61(79(92)93)46-56(126(109,110)111)47-67(76)89(72)35-16-40-124(103,104)105)49-84-78(91)54-42-53-30-36-85(50-62(53)68(43-54)128(115,116)117)74(90)21-9-8-10-32-87-65-29-26-58-60(45-57(127(112,113)114)48-69(58)129(118,119)120)75(65)81(3,4)71(87)19-12-20-73-83(7,31-13-37-121(94,95)96)77-59-44-55(125(106,107)108)25-23-52(59)24-28-66(77)88(73)34-15-39-123(100,101)102/h11-12,17-20,22-29,41-48H,8-10,13-16,21,30-40,49-50H2,1-7H3,(H9-2,84,91,92,93,94,95,96,97,98,99,100,101,102,103,104,105,106,107,108,109,110,111,112,113,114,115,116,117,118,119,120). The number of carbonyl (C=O) groups excluding carboxylic acids is 2. The predicted molar refractivity (Wildman–Crippen MR) is 472 cm³/mol. The molecule has 696 valence electrons. The second-order valence-electron chi connectivity index (χ2n) is 34.1. The van der Waals surface area contributed by atoms with E-state index in [-0.39, 0.29) is 136 Å². The van der Waals surface area contributed by atoms with Gasteiger partial charge in [-0.15, -0.1) is 0 Å². The number of nitrogens with zero attached hydrogens (tertiary/aromatic N) is 5. The molecular formula is C83H94N6O31S9. The van der Waals surface area contributed by atoms with Crippen LogP contribution in [0.2, 0.25) is 0 Å². The van der Waals surface area contributed by atoms with Gasteiger partial charge in [0, 0.05) is 149 Å². The molecule has 129 heavy (non-hydrogen) atoms. The van der Waals surface area contributed by atoms with Crippen LogP contribution in [0.5, 0.6) is 0 Å². The lowest BCUT2D eigenvalue weighted by atomic mass is 9.75. The quantitative estimate of drug-likeness (QED) is 0.0102. The normalized spacial score (nSPS) is 18.4. The monoisotopic (exact) mass is 1960 g/mol. The molecule has 1 unspecified atom stereocenters. The lowest BCUT2D eigenvalue weighted by Crippen LogP contribution is -2.37. The molecule has 0 bridgehead atoms. The third-order valence-electron chi connectivity index (χ3n) is 24.2. The van der Waals surface area contributed by atoms with Crippen LogP contribution in [-0.2, 0) is 137 Å². The Bertz CT molecular complexity index is 7250. The van der Waals surface area contributed by atoms with Gasteiger partial charge in [0.1, 0.15) is 18.0 Å². The van der Waals surface area contributed by atoms with E-state index in [1.807, 2.05) is 18.4 Å². The van der Waals surface area contributed by atoms with E-state index in [1.165, 1.54) is 40.1 Å². The number of nitrogens with one attached hydrogen (secondary N) is 1. The molecule has 12 rings (SSSR count). The molecule has 5 heterocycles. The highest BCUT2D eigenvalue weighted by molar-refractivity contribution is 7.88. The average molecular weight is 1960 g/mol. The van der Waals surface area contributed by atoms with Gasteiger partial charge in [-0.3, -0.25) is 41.5 Å². The van der Waals surface area contributed by atoms with E-state index in [0.717, 1.165) is 24.3 Å². The molecule has 0 aromatic heterocycles. The highest BCUT2D eigenvalue weighted by Crippen LogP contribution is 2.55. The van der Waals surface area contributed by atoms with Crippen molar-refractivity contribution in [3.05, 3.63) is 195 Å². The SMILES string of the molecule is CC1(C)C(/C=C/C=C2/N(CCCS(=O)(=O)O)c3cc(S(=O)(=O)O)cc(C(=O)O)c3C2(C)C)=[N+](CCCS(=O)(=O)[O-])c2ccc(CNC(=O)c3cc4c(c(S(=O)(=O)O)c3)CN(C(=O)CCCCC[N+]3=C(C=CC=C5N(CCCS(=O)(=O)[O-])c6ccc7ccc(S(=O)(=O)O)cc7c6C5(C)CCCS(=O)(=O)O)C(C)(C)c5c3ccc3c(S(=O)(=O)O)cc(S(=O)(=O)O)cc53)CC4)cc21. The first-order valence-electron chi connectivity index (χ1n) is 40.2. The van der Waals surface area contributed by atoms with Crippen molar-refractivity contribution in [1.29, 1.82) is 0 Å². The van der Waals surface area contributed by atoms with E-state index in [2.05, 4.69) is 5.32 Å². The number of amides is 2. The Morgan fingerprint density at radius 1 is 0.488 bits per heavy atom. The Labute approximate surface area is 747 Å². The number of fused-ring (bicyclic) bond motifs is 9. The average Bonchev–Trinajstić information content (AvgIpc) is 1.58. The van der Waals surface area contributed by atoms with Crippen molar-refractivity contribution in [2.45, 2.75) is 172 Å². The lowest BCUT2D eigenvalue weighted by Gasteiger charge is -2.31. The van der Waals surface area contributed by atoms with Crippen LogP contribution in [-0.4, -0.2) is 221 Å². The Kier molecular flexibility index (Phi) is 27.2. The first-order valence-corrected chi connectivity index (χ1v) is 53.7. The largest absolute Gasteiger partial charge is 0.748 e.